The number of rotatable bonds is 5. The summed E-state index contributed by atoms with van der Waals surface area (Å²) in [7, 11) is 0. The average Bonchev–Trinajstić information content (AvgIpc) is 3.03. The van der Waals surface area contributed by atoms with Crippen molar-refractivity contribution in [2.45, 2.75) is 38.5 Å². The van der Waals surface area contributed by atoms with Crippen molar-refractivity contribution in [2.75, 3.05) is 6.54 Å². The predicted molar refractivity (Wildman–Crippen MR) is 81.6 cm³/mol. The number of hydrogen-bond acceptors (Lipinski definition) is 4. The van der Waals surface area contributed by atoms with Crippen LogP contribution in [0.5, 0.6) is 0 Å². The summed E-state index contributed by atoms with van der Waals surface area (Å²) in [4.78, 5) is 36.4. The summed E-state index contributed by atoms with van der Waals surface area (Å²) in [6, 6.07) is 7.53. The van der Waals surface area contributed by atoms with Crippen LogP contribution in [0, 0.1) is 0 Å². The molecule has 7 heteroatoms. The molecule has 1 aliphatic rings. The number of carboxylic acid groups (broad SMARTS) is 1. The number of carboxylic acids is 1. The summed E-state index contributed by atoms with van der Waals surface area (Å²) in [5.74, 6) is -1.43. The van der Waals surface area contributed by atoms with E-state index in [0.29, 0.717) is 19.4 Å². The van der Waals surface area contributed by atoms with E-state index in [2.05, 4.69) is 5.32 Å². The normalized spacial score (nSPS) is 18.3. The Bertz CT molecular complexity index is 575. The summed E-state index contributed by atoms with van der Waals surface area (Å²) < 4.78 is 5.05. The van der Waals surface area contributed by atoms with Crippen molar-refractivity contribution in [3.8, 4) is 0 Å². The lowest BCUT2D eigenvalue weighted by molar-refractivity contribution is -0.148. The molecule has 2 rings (SSSR count). The summed E-state index contributed by atoms with van der Waals surface area (Å²) in [6.45, 7) is 2.01. The number of ether oxygens (including phenoxy) is 1. The molecule has 1 saturated heterocycles. The van der Waals surface area contributed by atoms with Gasteiger partial charge in [-0.25, -0.2) is 9.59 Å². The molecule has 1 aromatic rings. The molecule has 1 heterocycles. The van der Waals surface area contributed by atoms with Crippen LogP contribution in [0.2, 0.25) is 0 Å². The van der Waals surface area contributed by atoms with Crippen molar-refractivity contribution >= 4 is 18.0 Å². The van der Waals surface area contributed by atoms with Crippen LogP contribution in [0.4, 0.5) is 4.79 Å². The molecule has 1 fully saturated rings. The highest BCUT2D eigenvalue weighted by Crippen LogP contribution is 2.18. The third-order valence-corrected chi connectivity index (χ3v) is 3.74. The molecule has 2 atom stereocenters. The van der Waals surface area contributed by atoms with E-state index >= 15 is 0 Å². The molecule has 0 aromatic heterocycles. The fourth-order valence-electron chi connectivity index (χ4n) is 2.54. The number of carbonyl (C=O) groups excluding carboxylic acids is 2. The summed E-state index contributed by atoms with van der Waals surface area (Å²) >= 11 is 0. The summed E-state index contributed by atoms with van der Waals surface area (Å²) in [5.41, 5.74) is 0.840. The monoisotopic (exact) mass is 320 g/mol. The zero-order valence-corrected chi connectivity index (χ0v) is 12.9. The number of likely N-dealkylation sites (tertiary alicyclic amines) is 1. The molecule has 7 nitrogen and oxygen atoms in total. The van der Waals surface area contributed by atoms with Gasteiger partial charge in [0.2, 0.25) is 5.91 Å². The highest BCUT2D eigenvalue weighted by atomic mass is 16.5. The smallest absolute Gasteiger partial charge is 0.408 e. The van der Waals surface area contributed by atoms with E-state index in [1.807, 2.05) is 30.3 Å². The first-order valence-corrected chi connectivity index (χ1v) is 7.49. The van der Waals surface area contributed by atoms with E-state index < -0.39 is 30.1 Å². The van der Waals surface area contributed by atoms with Crippen molar-refractivity contribution < 1.29 is 24.2 Å². The standard InChI is InChI=1S/C16H20N2O5/c1-11(14(19)18-9-5-8-13(18)15(20)21)17-16(22)23-10-12-6-3-2-4-7-12/h2-4,6-7,11,13H,5,8-10H2,1H3,(H,17,22)(H,20,21)/t11-,13+/m1/s1. The van der Waals surface area contributed by atoms with Gasteiger partial charge in [-0.2, -0.15) is 0 Å². The fraction of sp³-hybridized carbons (Fsp3) is 0.438. The molecule has 0 bridgehead atoms. The highest BCUT2D eigenvalue weighted by Gasteiger charge is 2.36. The van der Waals surface area contributed by atoms with Gasteiger partial charge >= 0.3 is 12.1 Å². The Balaban J connectivity index is 1.83. The molecule has 124 valence electrons. The van der Waals surface area contributed by atoms with E-state index in [-0.39, 0.29) is 6.61 Å². The van der Waals surface area contributed by atoms with Crippen molar-refractivity contribution in [3.63, 3.8) is 0 Å². The van der Waals surface area contributed by atoms with Crippen LogP contribution in [-0.4, -0.2) is 46.6 Å². The molecule has 0 aliphatic carbocycles. The molecule has 0 saturated carbocycles. The lowest BCUT2D eigenvalue weighted by Gasteiger charge is -2.25. The molecule has 0 unspecified atom stereocenters. The van der Waals surface area contributed by atoms with Gasteiger partial charge in [-0.3, -0.25) is 4.79 Å². The number of benzene rings is 1. The molecule has 23 heavy (non-hydrogen) atoms. The lowest BCUT2D eigenvalue weighted by Crippen LogP contribution is -2.50. The number of nitrogens with one attached hydrogen (secondary N) is 1. The second kappa shape index (κ2) is 7.62. The predicted octanol–water partition coefficient (Wildman–Crippen LogP) is 1.38. The van der Waals surface area contributed by atoms with Gasteiger partial charge in [0.05, 0.1) is 0 Å². The highest BCUT2D eigenvalue weighted by molar-refractivity contribution is 5.89. The van der Waals surface area contributed by atoms with Gasteiger partial charge in [-0.1, -0.05) is 30.3 Å². The van der Waals surface area contributed by atoms with Crippen LogP contribution in [0.15, 0.2) is 30.3 Å². The quantitative estimate of drug-likeness (QED) is 0.854. The van der Waals surface area contributed by atoms with Crippen LogP contribution in [0.25, 0.3) is 0 Å². The first-order valence-electron chi connectivity index (χ1n) is 7.49. The van der Waals surface area contributed by atoms with E-state index in [0.717, 1.165) is 5.56 Å². The maximum Gasteiger partial charge on any atom is 0.408 e. The molecular weight excluding hydrogens is 300 g/mol. The Labute approximate surface area is 134 Å². The number of hydrogen-bond donors (Lipinski definition) is 2. The number of nitrogens with zero attached hydrogens (tertiary/aromatic N) is 1. The number of alkyl carbamates (subject to hydrolysis) is 1. The van der Waals surface area contributed by atoms with E-state index in [1.165, 1.54) is 11.8 Å². The Morgan fingerprint density at radius 1 is 1.35 bits per heavy atom. The molecule has 1 aliphatic heterocycles. The van der Waals surface area contributed by atoms with Crippen molar-refractivity contribution in [1.82, 2.24) is 10.2 Å². The molecule has 2 amide bonds. The van der Waals surface area contributed by atoms with Gasteiger partial charge in [0.1, 0.15) is 18.7 Å². The van der Waals surface area contributed by atoms with Gasteiger partial charge < -0.3 is 20.1 Å². The maximum absolute atomic E-state index is 12.3. The Morgan fingerprint density at radius 2 is 2.04 bits per heavy atom. The third-order valence-electron chi connectivity index (χ3n) is 3.74. The zero-order valence-electron chi connectivity index (χ0n) is 12.9. The second-order valence-corrected chi connectivity index (χ2v) is 5.46. The van der Waals surface area contributed by atoms with Gasteiger partial charge in [0, 0.05) is 6.54 Å². The molecule has 2 N–H and O–H groups in total. The fourth-order valence-corrected chi connectivity index (χ4v) is 2.54. The first-order chi connectivity index (χ1) is 11.0. The van der Waals surface area contributed by atoms with Crippen molar-refractivity contribution in [3.05, 3.63) is 35.9 Å². The number of aliphatic carboxylic acids is 1. The minimum Gasteiger partial charge on any atom is -0.480 e. The second-order valence-electron chi connectivity index (χ2n) is 5.46. The largest absolute Gasteiger partial charge is 0.480 e. The van der Waals surface area contributed by atoms with Crippen LogP contribution in [0.3, 0.4) is 0 Å². The third kappa shape index (κ3) is 4.45. The Hall–Kier alpha value is -2.57. The SMILES string of the molecule is C[C@@H](NC(=O)OCc1ccccc1)C(=O)N1CCC[C@H]1C(=O)O. The van der Waals surface area contributed by atoms with Gasteiger partial charge in [-0.05, 0) is 25.3 Å². The average molecular weight is 320 g/mol. The van der Waals surface area contributed by atoms with Gasteiger partial charge in [0.25, 0.3) is 0 Å². The summed E-state index contributed by atoms with van der Waals surface area (Å²) in [6.07, 6.45) is 0.376. The van der Waals surface area contributed by atoms with Gasteiger partial charge in [-0.15, -0.1) is 0 Å². The zero-order chi connectivity index (χ0) is 16.8. The van der Waals surface area contributed by atoms with Crippen molar-refractivity contribution in [1.29, 1.82) is 0 Å². The molecule has 0 radical (unpaired) electrons. The van der Waals surface area contributed by atoms with Crippen LogP contribution in [0.1, 0.15) is 25.3 Å². The maximum atomic E-state index is 12.3. The summed E-state index contributed by atoms with van der Waals surface area (Å²) in [5, 5.41) is 11.5. The lowest BCUT2D eigenvalue weighted by atomic mass is 10.2. The van der Waals surface area contributed by atoms with Crippen LogP contribution >= 0.6 is 0 Å². The van der Waals surface area contributed by atoms with Crippen LogP contribution < -0.4 is 5.32 Å². The Morgan fingerprint density at radius 3 is 2.70 bits per heavy atom. The number of amides is 2. The van der Waals surface area contributed by atoms with E-state index in [1.54, 1.807) is 0 Å². The van der Waals surface area contributed by atoms with E-state index in [9.17, 15) is 14.4 Å². The Kier molecular flexibility index (Phi) is 5.56. The number of carbonyl (C=O) groups is 3. The minimum absolute atomic E-state index is 0.106. The topological polar surface area (TPSA) is 95.9 Å². The molecule has 1 aromatic carbocycles. The van der Waals surface area contributed by atoms with Gasteiger partial charge in [0.15, 0.2) is 0 Å². The minimum atomic E-state index is -1.02. The first kappa shape index (κ1) is 16.8. The van der Waals surface area contributed by atoms with Crippen LogP contribution in [-0.2, 0) is 20.9 Å². The van der Waals surface area contributed by atoms with Crippen molar-refractivity contribution in [2.24, 2.45) is 0 Å². The molecular formula is C16H20N2O5. The molecule has 0 spiro atoms. The van der Waals surface area contributed by atoms with E-state index in [4.69, 9.17) is 9.84 Å².